The molecular formula is C11H19NO2. The van der Waals surface area contributed by atoms with Crippen LogP contribution in [0.3, 0.4) is 0 Å². The summed E-state index contributed by atoms with van der Waals surface area (Å²) in [5.41, 5.74) is 0. The monoisotopic (exact) mass is 197 g/mol. The molecule has 80 valence electrons. The third kappa shape index (κ3) is 1.92. The minimum Gasteiger partial charge on any atom is -0.481 e. The van der Waals surface area contributed by atoms with Crippen LogP contribution in [0.1, 0.15) is 32.6 Å². The van der Waals surface area contributed by atoms with Gasteiger partial charge in [0.2, 0.25) is 0 Å². The smallest absolute Gasteiger partial charge is 0.303 e. The average molecular weight is 197 g/mol. The van der Waals surface area contributed by atoms with Gasteiger partial charge in [-0.3, -0.25) is 4.79 Å². The SMILES string of the molecule is CCN1CC[C@H](CC(=O)O)[C@H]1C1CC1. The maximum absolute atomic E-state index is 10.7. The molecule has 1 aliphatic carbocycles. The lowest BCUT2D eigenvalue weighted by Crippen LogP contribution is -2.35. The van der Waals surface area contributed by atoms with Gasteiger partial charge in [-0.1, -0.05) is 6.92 Å². The molecule has 0 amide bonds. The van der Waals surface area contributed by atoms with Crippen molar-refractivity contribution in [1.82, 2.24) is 4.90 Å². The Hall–Kier alpha value is -0.570. The molecule has 0 aromatic rings. The summed E-state index contributed by atoms with van der Waals surface area (Å²) in [4.78, 5) is 13.2. The number of carboxylic acid groups (broad SMARTS) is 1. The number of nitrogens with zero attached hydrogens (tertiary/aromatic N) is 1. The second kappa shape index (κ2) is 3.89. The Morgan fingerprint density at radius 2 is 2.14 bits per heavy atom. The lowest BCUT2D eigenvalue weighted by Gasteiger charge is -2.26. The first-order chi connectivity index (χ1) is 6.72. The molecule has 0 aromatic carbocycles. The molecule has 2 aliphatic rings. The third-order valence-corrected chi connectivity index (χ3v) is 3.64. The van der Waals surface area contributed by atoms with Crippen LogP contribution in [0.2, 0.25) is 0 Å². The zero-order chi connectivity index (χ0) is 10.1. The average Bonchev–Trinajstić information content (AvgIpc) is 2.88. The van der Waals surface area contributed by atoms with Crippen molar-refractivity contribution in [2.24, 2.45) is 11.8 Å². The van der Waals surface area contributed by atoms with E-state index in [2.05, 4.69) is 11.8 Å². The first-order valence-corrected chi connectivity index (χ1v) is 5.68. The van der Waals surface area contributed by atoms with E-state index >= 15 is 0 Å². The normalized spacial score (nSPS) is 33.5. The Labute approximate surface area is 85.1 Å². The second-order valence-electron chi connectivity index (χ2n) is 4.60. The molecule has 2 atom stereocenters. The molecule has 0 radical (unpaired) electrons. The predicted octanol–water partition coefficient (Wildman–Crippen LogP) is 1.58. The molecule has 1 aliphatic heterocycles. The van der Waals surface area contributed by atoms with Gasteiger partial charge in [0.25, 0.3) is 0 Å². The summed E-state index contributed by atoms with van der Waals surface area (Å²) < 4.78 is 0. The lowest BCUT2D eigenvalue weighted by atomic mass is 9.93. The van der Waals surface area contributed by atoms with Gasteiger partial charge in [-0.25, -0.2) is 0 Å². The number of carboxylic acids is 1. The number of rotatable bonds is 4. The van der Waals surface area contributed by atoms with E-state index in [1.165, 1.54) is 12.8 Å². The van der Waals surface area contributed by atoms with E-state index in [0.717, 1.165) is 25.4 Å². The van der Waals surface area contributed by atoms with E-state index in [9.17, 15) is 4.79 Å². The van der Waals surface area contributed by atoms with Crippen LogP contribution in [0.15, 0.2) is 0 Å². The maximum atomic E-state index is 10.7. The summed E-state index contributed by atoms with van der Waals surface area (Å²) in [6, 6.07) is 0.580. The highest BCUT2D eigenvalue weighted by Crippen LogP contribution is 2.43. The first-order valence-electron chi connectivity index (χ1n) is 5.68. The highest BCUT2D eigenvalue weighted by atomic mass is 16.4. The van der Waals surface area contributed by atoms with Crippen molar-refractivity contribution in [2.45, 2.75) is 38.6 Å². The summed E-state index contributed by atoms with van der Waals surface area (Å²) >= 11 is 0. The van der Waals surface area contributed by atoms with Crippen LogP contribution in [0.5, 0.6) is 0 Å². The summed E-state index contributed by atoms with van der Waals surface area (Å²) in [6.07, 6.45) is 4.09. The second-order valence-corrected chi connectivity index (χ2v) is 4.60. The lowest BCUT2D eigenvalue weighted by molar-refractivity contribution is -0.138. The number of hydrogen-bond donors (Lipinski definition) is 1. The van der Waals surface area contributed by atoms with Crippen molar-refractivity contribution in [3.63, 3.8) is 0 Å². The van der Waals surface area contributed by atoms with E-state index < -0.39 is 5.97 Å². The molecule has 2 rings (SSSR count). The van der Waals surface area contributed by atoms with Gasteiger partial charge in [0.1, 0.15) is 0 Å². The van der Waals surface area contributed by atoms with Crippen LogP contribution in [0.25, 0.3) is 0 Å². The summed E-state index contributed by atoms with van der Waals surface area (Å²) in [7, 11) is 0. The number of likely N-dealkylation sites (tertiary alicyclic amines) is 1. The molecule has 1 N–H and O–H groups in total. The molecular weight excluding hydrogens is 178 g/mol. The standard InChI is InChI=1S/C11H19NO2/c1-2-12-6-5-9(7-10(13)14)11(12)8-3-4-8/h8-9,11H,2-7H2,1H3,(H,13,14)/t9-,11-/m1/s1. The molecule has 0 aromatic heterocycles. The van der Waals surface area contributed by atoms with Crippen LogP contribution in [0.4, 0.5) is 0 Å². The van der Waals surface area contributed by atoms with Gasteiger partial charge in [0.05, 0.1) is 0 Å². The molecule has 2 fully saturated rings. The Bertz CT molecular complexity index is 225. The van der Waals surface area contributed by atoms with E-state index in [-0.39, 0.29) is 0 Å². The zero-order valence-corrected chi connectivity index (χ0v) is 8.78. The van der Waals surface area contributed by atoms with Crippen molar-refractivity contribution in [3.05, 3.63) is 0 Å². The van der Waals surface area contributed by atoms with Gasteiger partial charge in [-0.2, -0.15) is 0 Å². The van der Waals surface area contributed by atoms with Gasteiger partial charge in [-0.05, 0) is 44.2 Å². The predicted molar refractivity (Wildman–Crippen MR) is 54.1 cm³/mol. The quantitative estimate of drug-likeness (QED) is 0.744. The van der Waals surface area contributed by atoms with E-state index in [0.29, 0.717) is 18.4 Å². The van der Waals surface area contributed by atoms with Crippen molar-refractivity contribution in [3.8, 4) is 0 Å². The fraction of sp³-hybridized carbons (Fsp3) is 0.909. The topological polar surface area (TPSA) is 40.5 Å². The van der Waals surface area contributed by atoms with Crippen LogP contribution >= 0.6 is 0 Å². The van der Waals surface area contributed by atoms with Crippen molar-refractivity contribution < 1.29 is 9.90 Å². The van der Waals surface area contributed by atoms with Crippen LogP contribution in [-0.4, -0.2) is 35.1 Å². The fourth-order valence-electron chi connectivity index (χ4n) is 2.89. The summed E-state index contributed by atoms with van der Waals surface area (Å²) in [6.45, 7) is 4.37. The van der Waals surface area contributed by atoms with Crippen LogP contribution < -0.4 is 0 Å². The number of carbonyl (C=O) groups is 1. The Balaban J connectivity index is 1.98. The van der Waals surface area contributed by atoms with Crippen LogP contribution in [-0.2, 0) is 4.79 Å². The summed E-state index contributed by atoms with van der Waals surface area (Å²) in [5, 5.41) is 8.83. The summed E-state index contributed by atoms with van der Waals surface area (Å²) in [5.74, 6) is 0.598. The van der Waals surface area contributed by atoms with Gasteiger partial charge >= 0.3 is 5.97 Å². The van der Waals surface area contributed by atoms with Gasteiger partial charge in [0, 0.05) is 12.5 Å². The van der Waals surface area contributed by atoms with Gasteiger partial charge in [0.15, 0.2) is 0 Å². The highest BCUT2D eigenvalue weighted by molar-refractivity contribution is 5.67. The molecule has 0 unspecified atom stereocenters. The van der Waals surface area contributed by atoms with E-state index in [4.69, 9.17) is 5.11 Å². The first kappa shape index (κ1) is 9.97. The molecule has 3 heteroatoms. The Kier molecular flexibility index (Phi) is 2.77. The third-order valence-electron chi connectivity index (χ3n) is 3.64. The molecule has 3 nitrogen and oxygen atoms in total. The van der Waals surface area contributed by atoms with Gasteiger partial charge in [-0.15, -0.1) is 0 Å². The largest absolute Gasteiger partial charge is 0.481 e. The maximum Gasteiger partial charge on any atom is 0.303 e. The minimum atomic E-state index is -0.626. The molecule has 1 saturated heterocycles. The molecule has 0 bridgehead atoms. The van der Waals surface area contributed by atoms with Crippen molar-refractivity contribution in [2.75, 3.05) is 13.1 Å². The van der Waals surface area contributed by atoms with E-state index in [1.807, 2.05) is 0 Å². The minimum absolute atomic E-state index is 0.373. The number of aliphatic carboxylic acids is 1. The Morgan fingerprint density at radius 1 is 1.43 bits per heavy atom. The van der Waals surface area contributed by atoms with Crippen molar-refractivity contribution in [1.29, 1.82) is 0 Å². The van der Waals surface area contributed by atoms with E-state index in [1.54, 1.807) is 0 Å². The Morgan fingerprint density at radius 3 is 2.64 bits per heavy atom. The van der Waals surface area contributed by atoms with Crippen molar-refractivity contribution >= 4 is 5.97 Å². The molecule has 1 saturated carbocycles. The highest BCUT2D eigenvalue weighted by Gasteiger charge is 2.43. The zero-order valence-electron chi connectivity index (χ0n) is 8.78. The molecule has 1 heterocycles. The molecule has 14 heavy (non-hydrogen) atoms. The fourth-order valence-corrected chi connectivity index (χ4v) is 2.89. The number of hydrogen-bond acceptors (Lipinski definition) is 2. The molecule has 0 spiro atoms. The van der Waals surface area contributed by atoms with Crippen LogP contribution in [0, 0.1) is 11.8 Å². The van der Waals surface area contributed by atoms with Gasteiger partial charge < -0.3 is 10.0 Å².